The van der Waals surface area contributed by atoms with Gasteiger partial charge in [0.05, 0.1) is 12.0 Å². The number of hydrogen-bond donors (Lipinski definition) is 2. The molecule has 2 N–H and O–H groups in total. The fourth-order valence-electron chi connectivity index (χ4n) is 2.20. The van der Waals surface area contributed by atoms with Crippen molar-refractivity contribution in [3.8, 4) is 5.75 Å². The molecule has 0 aromatic heterocycles. The molecule has 0 saturated carbocycles. The zero-order valence-corrected chi connectivity index (χ0v) is 13.3. The van der Waals surface area contributed by atoms with Crippen molar-refractivity contribution in [3.63, 3.8) is 0 Å². The molecule has 0 radical (unpaired) electrons. The fourth-order valence-corrected chi connectivity index (χ4v) is 2.20. The van der Waals surface area contributed by atoms with E-state index in [1.807, 2.05) is 0 Å². The van der Waals surface area contributed by atoms with Crippen molar-refractivity contribution in [2.45, 2.75) is 12.5 Å². The number of nitrogens with zero attached hydrogens (tertiary/aromatic N) is 1. The van der Waals surface area contributed by atoms with Crippen molar-refractivity contribution in [2.75, 3.05) is 7.11 Å². The van der Waals surface area contributed by atoms with Crippen molar-refractivity contribution < 1.29 is 24.4 Å². The largest absolute Gasteiger partial charge is 0.497 e. The second-order valence-electron chi connectivity index (χ2n) is 5.22. The van der Waals surface area contributed by atoms with E-state index < -0.39 is 22.8 Å². The highest BCUT2D eigenvalue weighted by atomic mass is 16.6. The Balaban J connectivity index is 2.12. The SMILES string of the molecule is COc1ccc(C[C@@H](NC(=O)c2cccc([N+](=O)[O-])c2)C(=O)O)cc1. The molecule has 25 heavy (non-hydrogen) atoms. The zero-order valence-electron chi connectivity index (χ0n) is 13.3. The van der Waals surface area contributed by atoms with Crippen LogP contribution in [-0.4, -0.2) is 35.1 Å². The molecular weight excluding hydrogens is 328 g/mol. The molecule has 0 bridgehead atoms. The third-order valence-corrected chi connectivity index (χ3v) is 3.52. The average molecular weight is 344 g/mol. The summed E-state index contributed by atoms with van der Waals surface area (Å²) in [5.74, 6) is -1.25. The minimum Gasteiger partial charge on any atom is -0.497 e. The Bertz CT molecular complexity index is 788. The molecule has 2 aromatic rings. The Morgan fingerprint density at radius 1 is 1.24 bits per heavy atom. The summed E-state index contributed by atoms with van der Waals surface area (Å²) < 4.78 is 5.03. The topological polar surface area (TPSA) is 119 Å². The van der Waals surface area contributed by atoms with Crippen molar-refractivity contribution in [2.24, 2.45) is 0 Å². The zero-order chi connectivity index (χ0) is 18.4. The van der Waals surface area contributed by atoms with Crippen molar-refractivity contribution in [1.29, 1.82) is 0 Å². The smallest absolute Gasteiger partial charge is 0.326 e. The maximum Gasteiger partial charge on any atom is 0.326 e. The number of amides is 1. The average Bonchev–Trinajstić information content (AvgIpc) is 2.61. The van der Waals surface area contributed by atoms with Gasteiger partial charge in [-0.15, -0.1) is 0 Å². The van der Waals surface area contributed by atoms with Crippen LogP contribution in [0.2, 0.25) is 0 Å². The lowest BCUT2D eigenvalue weighted by Crippen LogP contribution is -2.42. The van der Waals surface area contributed by atoms with Crippen molar-refractivity contribution in [1.82, 2.24) is 5.32 Å². The number of ether oxygens (including phenoxy) is 1. The van der Waals surface area contributed by atoms with Crippen LogP contribution < -0.4 is 10.1 Å². The van der Waals surface area contributed by atoms with Gasteiger partial charge in [0.25, 0.3) is 11.6 Å². The lowest BCUT2D eigenvalue weighted by molar-refractivity contribution is -0.384. The van der Waals surface area contributed by atoms with Gasteiger partial charge in [0.1, 0.15) is 11.8 Å². The third kappa shape index (κ3) is 4.77. The summed E-state index contributed by atoms with van der Waals surface area (Å²) in [6.45, 7) is 0. The fraction of sp³-hybridized carbons (Fsp3) is 0.176. The number of carbonyl (C=O) groups excluding carboxylic acids is 1. The van der Waals surface area contributed by atoms with Gasteiger partial charge in [-0.2, -0.15) is 0 Å². The van der Waals surface area contributed by atoms with Crippen LogP contribution in [0.1, 0.15) is 15.9 Å². The van der Waals surface area contributed by atoms with Gasteiger partial charge in [0, 0.05) is 24.1 Å². The second kappa shape index (κ2) is 7.91. The molecular formula is C17H16N2O6. The number of carboxylic acids is 1. The maximum atomic E-state index is 12.2. The molecule has 0 aliphatic heterocycles. The molecule has 0 aliphatic carbocycles. The van der Waals surface area contributed by atoms with E-state index >= 15 is 0 Å². The van der Waals surface area contributed by atoms with Crippen LogP contribution in [0.5, 0.6) is 5.75 Å². The molecule has 0 aliphatic rings. The van der Waals surface area contributed by atoms with Crippen molar-refractivity contribution in [3.05, 3.63) is 69.8 Å². The Morgan fingerprint density at radius 2 is 1.92 bits per heavy atom. The van der Waals surface area contributed by atoms with Crippen molar-refractivity contribution >= 4 is 17.6 Å². The van der Waals surface area contributed by atoms with Crippen LogP contribution in [0.25, 0.3) is 0 Å². The predicted octanol–water partition coefficient (Wildman–Crippen LogP) is 2.03. The van der Waals surface area contributed by atoms with Crippen LogP contribution in [0, 0.1) is 10.1 Å². The molecule has 1 amide bonds. The number of carboxylic acid groups (broad SMARTS) is 1. The number of nitro groups is 1. The van der Waals surface area contributed by atoms with Crippen LogP contribution in [0.4, 0.5) is 5.69 Å². The normalized spacial score (nSPS) is 11.4. The first kappa shape index (κ1) is 17.9. The first-order valence-corrected chi connectivity index (χ1v) is 7.31. The molecule has 2 aromatic carbocycles. The van der Waals surface area contributed by atoms with Gasteiger partial charge in [-0.1, -0.05) is 18.2 Å². The molecule has 0 fully saturated rings. The Morgan fingerprint density at radius 3 is 2.48 bits per heavy atom. The van der Waals surface area contributed by atoms with Gasteiger partial charge in [-0.3, -0.25) is 14.9 Å². The van der Waals surface area contributed by atoms with E-state index in [0.29, 0.717) is 11.3 Å². The van der Waals surface area contributed by atoms with Gasteiger partial charge < -0.3 is 15.2 Å². The van der Waals surface area contributed by atoms with E-state index in [0.717, 1.165) is 6.07 Å². The summed E-state index contributed by atoms with van der Waals surface area (Å²) in [6, 6.07) is 10.7. The van der Waals surface area contributed by atoms with E-state index in [4.69, 9.17) is 4.74 Å². The summed E-state index contributed by atoms with van der Waals surface area (Å²) in [6.07, 6.45) is 0.0694. The van der Waals surface area contributed by atoms with Gasteiger partial charge in [-0.25, -0.2) is 4.79 Å². The number of aliphatic carboxylic acids is 1. The first-order chi connectivity index (χ1) is 11.9. The van der Waals surface area contributed by atoms with E-state index in [-0.39, 0.29) is 17.7 Å². The van der Waals surface area contributed by atoms with E-state index in [9.17, 15) is 24.8 Å². The molecule has 8 nitrogen and oxygen atoms in total. The van der Waals surface area contributed by atoms with Gasteiger partial charge in [0.15, 0.2) is 0 Å². The molecule has 0 unspecified atom stereocenters. The monoisotopic (exact) mass is 344 g/mol. The minimum atomic E-state index is -1.20. The summed E-state index contributed by atoms with van der Waals surface area (Å²) in [5.41, 5.74) is 0.484. The first-order valence-electron chi connectivity index (χ1n) is 7.31. The number of non-ortho nitro benzene ring substituents is 1. The highest BCUT2D eigenvalue weighted by molar-refractivity contribution is 5.97. The maximum absolute atomic E-state index is 12.2. The molecule has 8 heteroatoms. The Hall–Kier alpha value is -3.42. The highest BCUT2D eigenvalue weighted by Crippen LogP contribution is 2.15. The third-order valence-electron chi connectivity index (χ3n) is 3.52. The summed E-state index contributed by atoms with van der Waals surface area (Å²) in [4.78, 5) is 33.8. The summed E-state index contributed by atoms with van der Waals surface area (Å²) >= 11 is 0. The molecule has 0 saturated heterocycles. The molecule has 130 valence electrons. The number of hydrogen-bond acceptors (Lipinski definition) is 5. The molecule has 2 rings (SSSR count). The van der Waals surface area contributed by atoms with Crippen LogP contribution in [0.3, 0.4) is 0 Å². The Kier molecular flexibility index (Phi) is 5.67. The van der Waals surface area contributed by atoms with Gasteiger partial charge in [-0.05, 0) is 23.8 Å². The predicted molar refractivity (Wildman–Crippen MR) is 88.7 cm³/mol. The lowest BCUT2D eigenvalue weighted by Gasteiger charge is -2.15. The number of nitrogens with one attached hydrogen (secondary N) is 1. The standard InChI is InChI=1S/C17H16N2O6/c1-25-14-7-5-11(6-8-14)9-15(17(21)22)18-16(20)12-3-2-4-13(10-12)19(23)24/h2-8,10,15H,9H2,1H3,(H,18,20)(H,21,22)/t15-/m1/s1. The quantitative estimate of drug-likeness (QED) is 0.586. The number of rotatable bonds is 7. The molecule has 1 atom stereocenters. The highest BCUT2D eigenvalue weighted by Gasteiger charge is 2.22. The van der Waals surface area contributed by atoms with E-state index in [1.165, 1.54) is 25.3 Å². The van der Waals surface area contributed by atoms with Gasteiger partial charge >= 0.3 is 5.97 Å². The number of benzene rings is 2. The van der Waals surface area contributed by atoms with Crippen LogP contribution >= 0.6 is 0 Å². The van der Waals surface area contributed by atoms with E-state index in [2.05, 4.69) is 5.32 Å². The molecule has 0 heterocycles. The second-order valence-corrected chi connectivity index (χ2v) is 5.22. The lowest BCUT2D eigenvalue weighted by atomic mass is 10.1. The summed E-state index contributed by atoms with van der Waals surface area (Å²) in [5, 5.41) is 22.5. The van der Waals surface area contributed by atoms with Gasteiger partial charge in [0.2, 0.25) is 0 Å². The Labute approximate surface area is 143 Å². The minimum absolute atomic E-state index is 0.0233. The molecule has 0 spiro atoms. The van der Waals surface area contributed by atoms with Crippen LogP contribution in [0.15, 0.2) is 48.5 Å². The van der Waals surface area contributed by atoms with Crippen LogP contribution in [-0.2, 0) is 11.2 Å². The van der Waals surface area contributed by atoms with E-state index in [1.54, 1.807) is 24.3 Å². The summed E-state index contributed by atoms with van der Waals surface area (Å²) in [7, 11) is 1.52. The number of nitro benzene ring substituents is 1. The number of methoxy groups -OCH3 is 1. The number of carbonyl (C=O) groups is 2.